The summed E-state index contributed by atoms with van der Waals surface area (Å²) < 4.78 is 45.8. The Hall–Kier alpha value is -5.13. The normalized spacial score (nSPS) is 13.6. The van der Waals surface area contributed by atoms with Gasteiger partial charge in [0.05, 0.1) is 51.2 Å². The molecule has 236 valence electrons. The number of esters is 1. The third kappa shape index (κ3) is 7.88. The second-order valence-electron chi connectivity index (χ2n) is 11.2. The van der Waals surface area contributed by atoms with E-state index in [0.29, 0.717) is 28.3 Å². The van der Waals surface area contributed by atoms with Crippen molar-refractivity contribution in [3.8, 4) is 11.5 Å². The number of hydrogen-bond donors (Lipinski definition) is 1. The number of hydrogen-bond acceptors (Lipinski definition) is 9. The molecule has 1 aliphatic rings. The van der Waals surface area contributed by atoms with Gasteiger partial charge in [-0.2, -0.15) is 0 Å². The number of ether oxygens (including phenoxy) is 3. The molecule has 1 N–H and O–H groups in total. The summed E-state index contributed by atoms with van der Waals surface area (Å²) in [5.74, 6) is -1.75. The van der Waals surface area contributed by atoms with Gasteiger partial charge in [0.25, 0.3) is 5.91 Å². The van der Waals surface area contributed by atoms with Crippen LogP contribution < -0.4 is 14.8 Å². The number of benzene rings is 2. The number of aliphatic imine (C=N–C) groups is 1. The molecule has 1 aromatic heterocycles. The van der Waals surface area contributed by atoms with Crippen molar-refractivity contribution in [3.63, 3.8) is 0 Å². The summed E-state index contributed by atoms with van der Waals surface area (Å²) in [7, 11) is 3.06. The highest BCUT2D eigenvalue weighted by atomic mass is 19.1. The third-order valence-electron chi connectivity index (χ3n) is 6.68. The molecule has 4 rings (SSSR count). The average molecular weight is 620 g/mol. The molecular formula is C33H35F2N5O5. The lowest BCUT2D eigenvalue weighted by Crippen LogP contribution is -2.24. The van der Waals surface area contributed by atoms with Crippen LogP contribution in [0.1, 0.15) is 60.7 Å². The molecule has 45 heavy (non-hydrogen) atoms. The largest absolute Gasteiger partial charge is 0.497 e. The zero-order chi connectivity index (χ0) is 32.9. The fraction of sp³-hybridized carbons (Fsp3) is 0.303. The Labute approximate surface area is 260 Å². The molecule has 0 saturated carbocycles. The van der Waals surface area contributed by atoms with Gasteiger partial charge < -0.3 is 24.4 Å². The van der Waals surface area contributed by atoms with Gasteiger partial charge in [0, 0.05) is 17.3 Å². The number of carbonyl (C=O) groups is 2. The van der Waals surface area contributed by atoms with E-state index < -0.39 is 22.8 Å². The fourth-order valence-electron chi connectivity index (χ4n) is 4.73. The standard InChI is InChI=1S/C33H35F2N5O5/c1-19(34)28(24(35)16-36-5)30-38-25-18-40(17-21-10-13-23(43-6)15-26(21)44-7)32(42)29(25)31(39-30)37-22-11-8-20(9-12-22)14-27(41)45-33(2,3)4/h8-13,15-16H,5,14,17-18H2,1-4,6-7H3,(H,37,38,39)/b24-16+,28-19-. The second-order valence-corrected chi connectivity index (χ2v) is 11.2. The summed E-state index contributed by atoms with van der Waals surface area (Å²) in [6.07, 6.45) is 0.832. The van der Waals surface area contributed by atoms with E-state index >= 15 is 0 Å². The van der Waals surface area contributed by atoms with Gasteiger partial charge in [-0.15, -0.1) is 0 Å². The van der Waals surface area contributed by atoms with E-state index in [1.807, 2.05) is 0 Å². The maximum Gasteiger partial charge on any atom is 0.310 e. The number of aromatic nitrogens is 2. The van der Waals surface area contributed by atoms with Gasteiger partial charge in [0.15, 0.2) is 11.7 Å². The molecule has 0 unspecified atom stereocenters. The highest BCUT2D eigenvalue weighted by Gasteiger charge is 2.35. The van der Waals surface area contributed by atoms with Crippen LogP contribution in [0, 0.1) is 0 Å². The number of halogens is 2. The smallest absolute Gasteiger partial charge is 0.310 e. The monoisotopic (exact) mass is 619 g/mol. The summed E-state index contributed by atoms with van der Waals surface area (Å²) in [5.41, 5.74) is 1.26. The molecule has 0 saturated heterocycles. The molecule has 12 heteroatoms. The highest BCUT2D eigenvalue weighted by molar-refractivity contribution is 6.03. The van der Waals surface area contributed by atoms with Crippen LogP contribution >= 0.6 is 0 Å². The molecule has 0 radical (unpaired) electrons. The molecule has 0 fully saturated rings. The first-order chi connectivity index (χ1) is 21.3. The van der Waals surface area contributed by atoms with Crippen molar-refractivity contribution in [1.29, 1.82) is 0 Å². The number of rotatable bonds is 11. The van der Waals surface area contributed by atoms with E-state index in [-0.39, 0.29) is 54.3 Å². The van der Waals surface area contributed by atoms with E-state index in [0.717, 1.165) is 13.1 Å². The van der Waals surface area contributed by atoms with Crippen molar-refractivity contribution in [1.82, 2.24) is 14.9 Å². The Morgan fingerprint density at radius 1 is 1.11 bits per heavy atom. The average Bonchev–Trinajstić information content (AvgIpc) is 3.28. The van der Waals surface area contributed by atoms with Crippen LogP contribution in [-0.4, -0.2) is 53.3 Å². The van der Waals surface area contributed by atoms with Crippen molar-refractivity contribution in [2.45, 2.75) is 52.8 Å². The fourth-order valence-corrected chi connectivity index (χ4v) is 4.73. The maximum absolute atomic E-state index is 14.9. The molecule has 0 atom stereocenters. The van der Waals surface area contributed by atoms with Crippen LogP contribution in [0.4, 0.5) is 20.3 Å². The molecule has 2 heterocycles. The molecule has 3 aromatic rings. The number of amides is 1. The molecule has 1 amide bonds. The third-order valence-corrected chi connectivity index (χ3v) is 6.68. The van der Waals surface area contributed by atoms with Gasteiger partial charge in [-0.1, -0.05) is 12.1 Å². The minimum absolute atomic E-state index is 0.0477. The Bertz CT molecular complexity index is 1680. The number of fused-ring (bicyclic) bond motifs is 1. The molecule has 0 aliphatic carbocycles. The van der Waals surface area contributed by atoms with Crippen LogP contribution in [0.5, 0.6) is 11.5 Å². The number of methoxy groups -OCH3 is 2. The van der Waals surface area contributed by atoms with Gasteiger partial charge in [-0.05, 0) is 64.2 Å². The van der Waals surface area contributed by atoms with Gasteiger partial charge >= 0.3 is 5.97 Å². The number of carbonyl (C=O) groups excluding carboxylic acids is 2. The van der Waals surface area contributed by atoms with Crippen molar-refractivity contribution in [2.24, 2.45) is 4.99 Å². The zero-order valence-electron chi connectivity index (χ0n) is 26.0. The summed E-state index contributed by atoms with van der Waals surface area (Å²) in [6, 6.07) is 12.1. The van der Waals surface area contributed by atoms with Crippen LogP contribution in [0.25, 0.3) is 5.57 Å². The predicted molar refractivity (Wildman–Crippen MR) is 167 cm³/mol. The van der Waals surface area contributed by atoms with E-state index in [2.05, 4.69) is 27.0 Å². The lowest BCUT2D eigenvalue weighted by atomic mass is 10.1. The molecule has 0 bridgehead atoms. The zero-order valence-corrected chi connectivity index (χ0v) is 26.0. The van der Waals surface area contributed by atoms with Crippen molar-refractivity contribution in [3.05, 3.63) is 88.5 Å². The molecule has 10 nitrogen and oxygen atoms in total. The van der Waals surface area contributed by atoms with E-state index in [1.54, 1.807) is 70.3 Å². The van der Waals surface area contributed by atoms with Gasteiger partial charge in [-0.3, -0.25) is 14.6 Å². The quantitative estimate of drug-likeness (QED) is 0.147. The highest BCUT2D eigenvalue weighted by Crippen LogP contribution is 2.35. The van der Waals surface area contributed by atoms with Crippen LogP contribution in [0.15, 0.2) is 65.3 Å². The number of nitrogens with zero attached hydrogens (tertiary/aromatic N) is 4. The van der Waals surface area contributed by atoms with Crippen LogP contribution in [0.2, 0.25) is 0 Å². The first kappa shape index (κ1) is 32.8. The topological polar surface area (TPSA) is 115 Å². The van der Waals surface area contributed by atoms with Crippen LogP contribution in [-0.2, 0) is 29.0 Å². The number of nitrogens with one attached hydrogen (secondary N) is 1. The number of allylic oxidation sites excluding steroid dienone is 3. The Balaban J connectivity index is 1.71. The van der Waals surface area contributed by atoms with Crippen molar-refractivity contribution >= 4 is 35.7 Å². The number of anilines is 2. The lowest BCUT2D eigenvalue weighted by Gasteiger charge is -2.19. The minimum Gasteiger partial charge on any atom is -0.497 e. The Morgan fingerprint density at radius 3 is 2.42 bits per heavy atom. The van der Waals surface area contributed by atoms with Crippen LogP contribution in [0.3, 0.4) is 0 Å². The summed E-state index contributed by atoms with van der Waals surface area (Å²) in [5, 5.41) is 3.10. The summed E-state index contributed by atoms with van der Waals surface area (Å²) >= 11 is 0. The summed E-state index contributed by atoms with van der Waals surface area (Å²) in [6.45, 7) is 9.90. The minimum atomic E-state index is -1.02. The summed E-state index contributed by atoms with van der Waals surface area (Å²) in [4.78, 5) is 39.8. The molecule has 1 aliphatic heterocycles. The van der Waals surface area contributed by atoms with Gasteiger partial charge in [-0.25, -0.2) is 18.7 Å². The maximum atomic E-state index is 14.9. The molecular weight excluding hydrogens is 584 g/mol. The van der Waals surface area contributed by atoms with Crippen molar-refractivity contribution < 1.29 is 32.6 Å². The Kier molecular flexibility index (Phi) is 9.95. The van der Waals surface area contributed by atoms with Gasteiger partial charge in [0.1, 0.15) is 34.3 Å². The van der Waals surface area contributed by atoms with Gasteiger partial charge in [0.2, 0.25) is 0 Å². The van der Waals surface area contributed by atoms with E-state index in [9.17, 15) is 18.4 Å². The van der Waals surface area contributed by atoms with E-state index in [1.165, 1.54) is 12.0 Å². The molecule has 0 spiro atoms. The van der Waals surface area contributed by atoms with E-state index in [4.69, 9.17) is 14.2 Å². The SMILES string of the molecule is C=N/C=C(F)\C(=C(/C)F)c1nc2c(c(Nc3ccc(CC(=O)OC(C)(C)C)cc3)n1)C(=O)N(Cc1ccc(OC)cc1OC)C2. The second kappa shape index (κ2) is 13.7. The molecule has 2 aromatic carbocycles. The predicted octanol–water partition coefficient (Wildman–Crippen LogP) is 6.49. The Morgan fingerprint density at radius 2 is 1.82 bits per heavy atom. The first-order valence-corrected chi connectivity index (χ1v) is 14.0. The van der Waals surface area contributed by atoms with Crippen molar-refractivity contribution in [2.75, 3.05) is 19.5 Å². The lowest BCUT2D eigenvalue weighted by molar-refractivity contribution is -0.153. The first-order valence-electron chi connectivity index (χ1n) is 14.0.